The van der Waals surface area contributed by atoms with Crippen molar-refractivity contribution in [3.05, 3.63) is 58.5 Å². The molecule has 0 radical (unpaired) electrons. The van der Waals surface area contributed by atoms with Gasteiger partial charge in [-0.25, -0.2) is 4.79 Å². The van der Waals surface area contributed by atoms with Crippen molar-refractivity contribution in [2.75, 3.05) is 6.54 Å². The minimum atomic E-state index is -1.28. The molecule has 2 heterocycles. The zero-order chi connectivity index (χ0) is 16.3. The molecule has 0 spiro atoms. The van der Waals surface area contributed by atoms with E-state index >= 15 is 0 Å². The maximum Gasteiger partial charge on any atom is 0.315 e. The van der Waals surface area contributed by atoms with Crippen molar-refractivity contribution < 1.29 is 14.3 Å². The van der Waals surface area contributed by atoms with Gasteiger partial charge in [0.1, 0.15) is 16.9 Å². The van der Waals surface area contributed by atoms with Gasteiger partial charge in [0.2, 0.25) is 0 Å². The number of aliphatic hydroxyl groups is 1. The van der Waals surface area contributed by atoms with E-state index in [0.29, 0.717) is 17.9 Å². The molecule has 23 heavy (non-hydrogen) atoms. The second kappa shape index (κ2) is 6.44. The van der Waals surface area contributed by atoms with Crippen molar-refractivity contribution in [3.63, 3.8) is 0 Å². The van der Waals surface area contributed by atoms with Gasteiger partial charge in [0.15, 0.2) is 0 Å². The zero-order valence-corrected chi connectivity index (χ0v) is 13.5. The Kier molecular flexibility index (Phi) is 4.36. The van der Waals surface area contributed by atoms with Crippen molar-refractivity contribution in [3.8, 4) is 0 Å². The van der Waals surface area contributed by atoms with Gasteiger partial charge in [-0.05, 0) is 30.5 Å². The van der Waals surface area contributed by atoms with Crippen molar-refractivity contribution in [1.82, 2.24) is 10.6 Å². The van der Waals surface area contributed by atoms with Gasteiger partial charge < -0.3 is 20.2 Å². The van der Waals surface area contributed by atoms with Gasteiger partial charge in [0, 0.05) is 10.3 Å². The largest absolute Gasteiger partial charge is 0.458 e. The van der Waals surface area contributed by atoms with Gasteiger partial charge in [0.25, 0.3) is 0 Å². The molecule has 1 aromatic carbocycles. The summed E-state index contributed by atoms with van der Waals surface area (Å²) in [6.45, 7) is 2.14. The predicted octanol–water partition coefficient (Wildman–Crippen LogP) is 3.20. The Bertz CT molecular complexity index is 760. The zero-order valence-electron chi connectivity index (χ0n) is 12.7. The summed E-state index contributed by atoms with van der Waals surface area (Å²) in [5.74, 6) is 0.428. The molecule has 1 atom stereocenters. The van der Waals surface area contributed by atoms with Gasteiger partial charge in [0.05, 0.1) is 13.1 Å². The average molecular weight is 330 g/mol. The molecule has 0 saturated heterocycles. The lowest BCUT2D eigenvalue weighted by molar-refractivity contribution is 0.0383. The van der Waals surface area contributed by atoms with Crippen LogP contribution in [0.5, 0.6) is 0 Å². The van der Waals surface area contributed by atoms with E-state index in [9.17, 15) is 9.90 Å². The Labute approximate surface area is 137 Å². The molecule has 120 valence electrons. The van der Waals surface area contributed by atoms with Crippen LogP contribution in [-0.4, -0.2) is 17.7 Å². The van der Waals surface area contributed by atoms with E-state index in [0.717, 1.165) is 10.3 Å². The van der Waals surface area contributed by atoms with E-state index in [1.54, 1.807) is 24.3 Å². The van der Waals surface area contributed by atoms with Crippen LogP contribution in [0.3, 0.4) is 0 Å². The molecule has 0 aliphatic heterocycles. The SMILES string of the molecule is C[C@](O)(CNC(=O)NCc1cccs1)c1cc2ccccc2o1. The third-order valence-electron chi connectivity index (χ3n) is 3.55. The lowest BCUT2D eigenvalue weighted by atomic mass is 10.0. The smallest absolute Gasteiger partial charge is 0.315 e. The van der Waals surface area contributed by atoms with Crippen molar-refractivity contribution >= 4 is 28.3 Å². The Hall–Kier alpha value is -2.31. The predicted molar refractivity (Wildman–Crippen MR) is 90.3 cm³/mol. The fourth-order valence-corrected chi connectivity index (χ4v) is 2.87. The molecule has 2 aromatic heterocycles. The molecule has 0 aliphatic rings. The molecular weight excluding hydrogens is 312 g/mol. The number of thiophene rings is 1. The first-order valence-corrected chi connectivity index (χ1v) is 8.18. The van der Waals surface area contributed by atoms with E-state index in [4.69, 9.17) is 4.42 Å². The highest BCUT2D eigenvalue weighted by molar-refractivity contribution is 7.09. The molecule has 5 nitrogen and oxygen atoms in total. The van der Waals surface area contributed by atoms with Crippen LogP contribution < -0.4 is 10.6 Å². The van der Waals surface area contributed by atoms with Crippen LogP contribution in [0.4, 0.5) is 4.79 Å². The number of para-hydroxylation sites is 1. The minimum absolute atomic E-state index is 0.0586. The van der Waals surface area contributed by atoms with Crippen LogP contribution >= 0.6 is 11.3 Å². The molecule has 0 saturated carbocycles. The fourth-order valence-electron chi connectivity index (χ4n) is 2.23. The summed E-state index contributed by atoms with van der Waals surface area (Å²) in [7, 11) is 0. The summed E-state index contributed by atoms with van der Waals surface area (Å²) in [5.41, 5.74) is -0.566. The number of hydrogen-bond donors (Lipinski definition) is 3. The van der Waals surface area contributed by atoms with Crippen LogP contribution in [0.15, 0.2) is 52.3 Å². The second-order valence-electron chi connectivity index (χ2n) is 5.54. The van der Waals surface area contributed by atoms with Crippen molar-refractivity contribution in [2.24, 2.45) is 0 Å². The Morgan fingerprint density at radius 1 is 1.26 bits per heavy atom. The first-order chi connectivity index (χ1) is 11.0. The van der Waals surface area contributed by atoms with Gasteiger partial charge in [-0.3, -0.25) is 0 Å². The van der Waals surface area contributed by atoms with E-state index in [2.05, 4.69) is 10.6 Å². The van der Waals surface area contributed by atoms with Crippen molar-refractivity contribution in [1.29, 1.82) is 0 Å². The van der Waals surface area contributed by atoms with Gasteiger partial charge in [-0.2, -0.15) is 0 Å². The topological polar surface area (TPSA) is 74.5 Å². The standard InChI is InChI=1S/C17H18N2O3S/c1-17(21,15-9-12-5-2-3-7-14(12)22-15)11-19-16(20)18-10-13-6-4-8-23-13/h2-9,21H,10-11H2,1H3,(H2,18,19,20)/t17-/m0/s1. The van der Waals surface area contributed by atoms with E-state index in [1.165, 1.54) is 0 Å². The summed E-state index contributed by atoms with van der Waals surface area (Å²) in [6.07, 6.45) is 0. The van der Waals surface area contributed by atoms with Crippen LogP contribution in [0.1, 0.15) is 17.6 Å². The van der Waals surface area contributed by atoms with E-state index < -0.39 is 5.60 Å². The maximum atomic E-state index is 11.8. The number of carbonyl (C=O) groups is 1. The summed E-state index contributed by atoms with van der Waals surface area (Å²) < 4.78 is 5.66. The molecule has 3 aromatic rings. The number of benzene rings is 1. The van der Waals surface area contributed by atoms with Crippen LogP contribution in [0, 0.1) is 0 Å². The summed E-state index contributed by atoms with van der Waals surface area (Å²) >= 11 is 1.58. The molecule has 6 heteroatoms. The molecule has 3 rings (SSSR count). The third-order valence-corrected chi connectivity index (χ3v) is 4.43. The monoisotopic (exact) mass is 330 g/mol. The summed E-state index contributed by atoms with van der Waals surface area (Å²) in [6, 6.07) is 12.9. The quantitative estimate of drug-likeness (QED) is 0.672. The Morgan fingerprint density at radius 2 is 2.09 bits per heavy atom. The first kappa shape index (κ1) is 15.6. The number of amides is 2. The van der Waals surface area contributed by atoms with Gasteiger partial charge in [-0.15, -0.1) is 11.3 Å². The number of furan rings is 1. The molecule has 0 aliphatic carbocycles. The molecule has 0 fully saturated rings. The number of nitrogens with one attached hydrogen (secondary N) is 2. The Morgan fingerprint density at radius 3 is 2.83 bits per heavy atom. The number of fused-ring (bicyclic) bond motifs is 1. The third kappa shape index (κ3) is 3.72. The van der Waals surface area contributed by atoms with Crippen LogP contribution in [-0.2, 0) is 12.1 Å². The molecular formula is C17H18N2O3S. The average Bonchev–Trinajstić information content (AvgIpc) is 3.20. The molecule has 2 amide bonds. The highest BCUT2D eigenvalue weighted by Gasteiger charge is 2.28. The highest BCUT2D eigenvalue weighted by atomic mass is 32.1. The summed E-state index contributed by atoms with van der Waals surface area (Å²) in [5, 5.41) is 18.9. The first-order valence-electron chi connectivity index (χ1n) is 7.30. The Balaban J connectivity index is 1.58. The number of rotatable bonds is 5. The number of carbonyl (C=O) groups excluding carboxylic acids is 1. The van der Waals surface area contributed by atoms with Gasteiger partial charge in [-0.1, -0.05) is 24.3 Å². The fraction of sp³-hybridized carbons (Fsp3) is 0.235. The minimum Gasteiger partial charge on any atom is -0.458 e. The van der Waals surface area contributed by atoms with Crippen LogP contribution in [0.2, 0.25) is 0 Å². The number of urea groups is 1. The summed E-state index contributed by atoms with van der Waals surface area (Å²) in [4.78, 5) is 12.9. The molecule has 0 bridgehead atoms. The lowest BCUT2D eigenvalue weighted by Gasteiger charge is -2.21. The second-order valence-corrected chi connectivity index (χ2v) is 6.57. The highest BCUT2D eigenvalue weighted by Crippen LogP contribution is 2.27. The van der Waals surface area contributed by atoms with Gasteiger partial charge >= 0.3 is 6.03 Å². The lowest BCUT2D eigenvalue weighted by Crippen LogP contribution is -2.43. The molecule has 3 N–H and O–H groups in total. The van der Waals surface area contributed by atoms with Crippen LogP contribution in [0.25, 0.3) is 11.0 Å². The number of hydrogen-bond acceptors (Lipinski definition) is 4. The van der Waals surface area contributed by atoms with E-state index in [1.807, 2.05) is 41.8 Å². The molecule has 0 unspecified atom stereocenters. The van der Waals surface area contributed by atoms with E-state index in [-0.39, 0.29) is 12.6 Å². The normalized spacial score (nSPS) is 13.7. The maximum absolute atomic E-state index is 11.8. The van der Waals surface area contributed by atoms with Crippen molar-refractivity contribution in [2.45, 2.75) is 19.1 Å².